The normalized spacial score (nSPS) is 10.9. The van der Waals surface area contributed by atoms with Crippen LogP contribution in [-0.2, 0) is 31.5 Å². The van der Waals surface area contributed by atoms with Crippen LogP contribution in [0, 0.1) is 0 Å². The molecule has 0 amide bonds. The van der Waals surface area contributed by atoms with Gasteiger partial charge in [-0.2, -0.15) is 0 Å². The second kappa shape index (κ2) is 8.62. The van der Waals surface area contributed by atoms with E-state index in [0.29, 0.717) is 13.2 Å². The molecule has 0 radical (unpaired) electrons. The van der Waals surface area contributed by atoms with Crippen molar-refractivity contribution in [1.82, 2.24) is 0 Å². The van der Waals surface area contributed by atoms with E-state index in [9.17, 15) is 0 Å². The first-order valence-corrected chi connectivity index (χ1v) is 7.80. The van der Waals surface area contributed by atoms with Gasteiger partial charge in [-0.15, -0.1) is 0 Å². The molecule has 2 aromatic carbocycles. The molecule has 2 aromatic rings. The summed E-state index contributed by atoms with van der Waals surface area (Å²) in [5, 5.41) is 0. The summed E-state index contributed by atoms with van der Waals surface area (Å²) in [6.07, 6.45) is 0. The monoisotopic (exact) mass is 290 g/mol. The van der Waals surface area contributed by atoms with Gasteiger partial charge in [0.2, 0.25) is 0 Å². The zero-order chi connectivity index (χ0) is 14.0. The van der Waals surface area contributed by atoms with Gasteiger partial charge in [0.1, 0.15) is 0 Å². The minimum atomic E-state index is -2.30. The van der Waals surface area contributed by atoms with Crippen molar-refractivity contribution in [1.29, 1.82) is 0 Å². The second-order valence-electron chi connectivity index (χ2n) is 4.14. The zero-order valence-electron chi connectivity index (χ0n) is 11.4. The maximum absolute atomic E-state index is 5.66. The quantitative estimate of drug-likeness (QED) is 0.425. The Morgan fingerprint density at radius 3 is 1.60 bits per heavy atom. The Balaban J connectivity index is 1.81. The second-order valence-corrected chi connectivity index (χ2v) is 5.58. The van der Waals surface area contributed by atoms with Crippen LogP contribution in [0.1, 0.15) is 11.1 Å². The van der Waals surface area contributed by atoms with E-state index in [1.807, 2.05) is 60.7 Å². The van der Waals surface area contributed by atoms with E-state index < -0.39 is 9.53 Å². The van der Waals surface area contributed by atoms with Gasteiger partial charge in [0.05, 0.1) is 20.3 Å². The fourth-order valence-corrected chi connectivity index (χ4v) is 2.68. The van der Waals surface area contributed by atoms with Crippen molar-refractivity contribution in [2.45, 2.75) is 13.2 Å². The van der Waals surface area contributed by atoms with Gasteiger partial charge < -0.3 is 8.85 Å². The summed E-state index contributed by atoms with van der Waals surface area (Å²) >= 11 is 0. The van der Waals surface area contributed by atoms with E-state index in [2.05, 4.69) is 0 Å². The Morgan fingerprint density at radius 2 is 1.20 bits per heavy atom. The molecule has 106 valence electrons. The summed E-state index contributed by atoms with van der Waals surface area (Å²) in [6.45, 7) is 0.908. The number of rotatable bonds is 8. The Labute approximate surface area is 120 Å². The van der Waals surface area contributed by atoms with E-state index >= 15 is 0 Å². The fourth-order valence-electron chi connectivity index (χ4n) is 1.66. The minimum Gasteiger partial charge on any atom is -0.370 e. The summed E-state index contributed by atoms with van der Waals surface area (Å²) in [6, 6.07) is 19.8. The highest BCUT2D eigenvalue weighted by molar-refractivity contribution is 6.35. The summed E-state index contributed by atoms with van der Waals surface area (Å²) in [5.74, 6) is 0. The molecule has 0 saturated carbocycles. The predicted molar refractivity (Wildman–Crippen MR) is 77.7 cm³/mol. The van der Waals surface area contributed by atoms with Crippen LogP contribution < -0.4 is 0 Å². The van der Waals surface area contributed by atoms with Crippen LogP contribution >= 0.6 is 0 Å². The maximum atomic E-state index is 5.66. The molecule has 0 saturated heterocycles. The molecule has 0 fully saturated rings. The third kappa shape index (κ3) is 5.24. The molecule has 20 heavy (non-hydrogen) atoms. The fraction of sp³-hybridized carbons (Fsp3) is 0.200. The van der Waals surface area contributed by atoms with Crippen LogP contribution in [0.3, 0.4) is 0 Å². The molecule has 0 atom stereocenters. The first-order valence-electron chi connectivity index (χ1n) is 6.39. The Hall–Kier alpha value is -1.50. The third-order valence-electron chi connectivity index (χ3n) is 2.63. The van der Waals surface area contributed by atoms with E-state index in [-0.39, 0.29) is 0 Å². The molecule has 0 aliphatic heterocycles. The van der Waals surface area contributed by atoms with Gasteiger partial charge in [-0.25, -0.2) is 9.46 Å². The van der Waals surface area contributed by atoms with Crippen LogP contribution in [-0.4, -0.2) is 16.6 Å². The smallest absolute Gasteiger partial charge is 0.370 e. The maximum Gasteiger partial charge on any atom is 0.514 e. The van der Waals surface area contributed by atoms with Crippen molar-refractivity contribution >= 4 is 9.53 Å². The highest BCUT2D eigenvalue weighted by atomic mass is 28.3. The van der Waals surface area contributed by atoms with E-state index in [4.69, 9.17) is 18.3 Å². The van der Waals surface area contributed by atoms with Crippen LogP contribution in [0.4, 0.5) is 0 Å². The van der Waals surface area contributed by atoms with Gasteiger partial charge in [-0.05, 0) is 11.1 Å². The number of benzene rings is 2. The lowest BCUT2D eigenvalue weighted by atomic mass is 10.2. The molecule has 5 heteroatoms. The average Bonchev–Trinajstić information content (AvgIpc) is 2.52. The Morgan fingerprint density at radius 1 is 0.750 bits per heavy atom. The molecule has 0 bridgehead atoms. The molecule has 0 aliphatic rings. The highest BCUT2D eigenvalue weighted by Gasteiger charge is 2.16. The van der Waals surface area contributed by atoms with Gasteiger partial charge in [-0.1, -0.05) is 60.7 Å². The molecule has 0 spiro atoms. The van der Waals surface area contributed by atoms with E-state index in [0.717, 1.165) is 11.1 Å². The Kier molecular flexibility index (Phi) is 6.42. The predicted octanol–water partition coefficient (Wildman–Crippen LogP) is 2.72. The molecule has 0 aromatic heterocycles. The van der Waals surface area contributed by atoms with Crippen molar-refractivity contribution < 1.29 is 18.3 Å². The van der Waals surface area contributed by atoms with Gasteiger partial charge >= 0.3 is 9.53 Å². The molecular formula is C15H18O4Si. The largest absolute Gasteiger partial charge is 0.514 e. The van der Waals surface area contributed by atoms with Crippen molar-refractivity contribution in [3.05, 3.63) is 71.8 Å². The van der Waals surface area contributed by atoms with Crippen LogP contribution in [0.5, 0.6) is 0 Å². The SMILES string of the molecule is COO[SiH](OCc1ccccc1)OCc1ccccc1. The highest BCUT2D eigenvalue weighted by Crippen LogP contribution is 2.06. The van der Waals surface area contributed by atoms with Crippen LogP contribution in [0.25, 0.3) is 0 Å². The Bertz CT molecular complexity index is 434. The summed E-state index contributed by atoms with van der Waals surface area (Å²) in [4.78, 5) is 4.69. The number of hydrogen-bond acceptors (Lipinski definition) is 4. The lowest BCUT2D eigenvalue weighted by Gasteiger charge is -2.14. The summed E-state index contributed by atoms with van der Waals surface area (Å²) < 4.78 is 16.4. The van der Waals surface area contributed by atoms with Crippen molar-refractivity contribution in [2.24, 2.45) is 0 Å². The van der Waals surface area contributed by atoms with Crippen molar-refractivity contribution in [3.63, 3.8) is 0 Å². The summed E-state index contributed by atoms with van der Waals surface area (Å²) in [5.41, 5.74) is 2.15. The van der Waals surface area contributed by atoms with E-state index in [1.165, 1.54) is 7.11 Å². The topological polar surface area (TPSA) is 36.9 Å². The van der Waals surface area contributed by atoms with Gasteiger partial charge in [0.25, 0.3) is 0 Å². The molecular weight excluding hydrogens is 272 g/mol. The molecule has 0 aliphatic carbocycles. The first kappa shape index (κ1) is 14.9. The first-order chi connectivity index (χ1) is 9.88. The lowest BCUT2D eigenvalue weighted by molar-refractivity contribution is -0.218. The van der Waals surface area contributed by atoms with Gasteiger partial charge in [0.15, 0.2) is 0 Å². The van der Waals surface area contributed by atoms with Crippen molar-refractivity contribution in [2.75, 3.05) is 7.11 Å². The standard InChI is InChI=1S/C15H18O4Si/c1-16-19-20(17-12-14-8-4-2-5-9-14)18-13-15-10-6-3-7-11-15/h2-11,20H,12-13H2,1H3. The average molecular weight is 290 g/mol. The molecule has 0 unspecified atom stereocenters. The van der Waals surface area contributed by atoms with Gasteiger partial charge in [-0.3, -0.25) is 0 Å². The van der Waals surface area contributed by atoms with Crippen molar-refractivity contribution in [3.8, 4) is 0 Å². The minimum absolute atomic E-state index is 0.454. The number of hydrogen-bond donors (Lipinski definition) is 0. The van der Waals surface area contributed by atoms with E-state index in [1.54, 1.807) is 0 Å². The van der Waals surface area contributed by atoms with Crippen LogP contribution in [0.2, 0.25) is 0 Å². The molecule has 0 heterocycles. The summed E-state index contributed by atoms with van der Waals surface area (Å²) in [7, 11) is -0.839. The third-order valence-corrected chi connectivity index (χ3v) is 3.86. The molecule has 0 N–H and O–H groups in total. The lowest BCUT2D eigenvalue weighted by Crippen LogP contribution is -2.26. The van der Waals surface area contributed by atoms with Crippen LogP contribution in [0.15, 0.2) is 60.7 Å². The molecule has 4 nitrogen and oxygen atoms in total. The molecule has 2 rings (SSSR count). The zero-order valence-corrected chi connectivity index (χ0v) is 12.6. The van der Waals surface area contributed by atoms with Gasteiger partial charge in [0, 0.05) is 0 Å².